The molecular formula is C9H11F7O2. The Balaban J connectivity index is 4.67. The number of halogens is 7. The van der Waals surface area contributed by atoms with Crippen LogP contribution in [0.5, 0.6) is 0 Å². The first kappa shape index (κ1) is 17.0. The minimum atomic E-state index is -6.53. The van der Waals surface area contributed by atoms with Crippen molar-refractivity contribution in [3.05, 3.63) is 0 Å². The van der Waals surface area contributed by atoms with Crippen LogP contribution in [0.15, 0.2) is 0 Å². The van der Waals surface area contributed by atoms with Crippen LogP contribution in [-0.2, 0) is 9.53 Å². The van der Waals surface area contributed by atoms with Gasteiger partial charge in [-0.2, -0.15) is 30.7 Å². The van der Waals surface area contributed by atoms with Crippen LogP contribution in [-0.4, -0.2) is 30.6 Å². The van der Waals surface area contributed by atoms with Crippen molar-refractivity contribution >= 4 is 5.97 Å². The van der Waals surface area contributed by atoms with E-state index in [2.05, 4.69) is 4.74 Å². The first-order chi connectivity index (χ1) is 7.98. The fraction of sp³-hybridized carbons (Fsp3) is 0.889. The quantitative estimate of drug-likeness (QED) is 0.423. The van der Waals surface area contributed by atoms with Gasteiger partial charge in [0.25, 0.3) is 0 Å². The largest absolute Gasteiger partial charge is 0.461 e. The summed E-state index contributed by atoms with van der Waals surface area (Å²) in [5.74, 6) is -15.3. The number of ether oxygens (including phenoxy) is 1. The average Bonchev–Trinajstić information content (AvgIpc) is 2.22. The Hall–Kier alpha value is -1.02. The first-order valence-electron chi connectivity index (χ1n) is 4.98. The SMILES string of the molecule is CCCCCOC(=O)C(F)(F)C(F)(F)C(F)(F)F. The predicted octanol–water partition coefficient (Wildman–Crippen LogP) is 3.55. The van der Waals surface area contributed by atoms with Gasteiger partial charge in [-0.05, 0) is 6.42 Å². The molecule has 0 saturated heterocycles. The molecule has 108 valence electrons. The second kappa shape index (κ2) is 5.75. The number of unbranched alkanes of at least 4 members (excludes halogenated alkanes) is 2. The molecule has 0 N–H and O–H groups in total. The van der Waals surface area contributed by atoms with Crippen LogP contribution in [0.2, 0.25) is 0 Å². The predicted molar refractivity (Wildman–Crippen MR) is 46.4 cm³/mol. The summed E-state index contributed by atoms with van der Waals surface area (Å²) in [6.07, 6.45) is -5.32. The maximum Gasteiger partial charge on any atom is 0.460 e. The lowest BCUT2D eigenvalue weighted by Crippen LogP contribution is -2.56. The fourth-order valence-electron chi connectivity index (χ4n) is 0.914. The highest BCUT2D eigenvalue weighted by Crippen LogP contribution is 2.46. The maximum atomic E-state index is 12.7. The summed E-state index contributed by atoms with van der Waals surface area (Å²) in [4.78, 5) is 10.6. The van der Waals surface area contributed by atoms with Crippen molar-refractivity contribution in [3.63, 3.8) is 0 Å². The van der Waals surface area contributed by atoms with Crippen molar-refractivity contribution in [1.82, 2.24) is 0 Å². The van der Waals surface area contributed by atoms with E-state index >= 15 is 0 Å². The Morgan fingerprint density at radius 3 is 1.89 bits per heavy atom. The Morgan fingerprint density at radius 1 is 1.00 bits per heavy atom. The Bertz CT molecular complexity index is 285. The molecule has 0 fully saturated rings. The molecule has 9 heteroatoms. The summed E-state index contributed by atoms with van der Waals surface area (Å²) in [6, 6.07) is 0. The highest BCUT2D eigenvalue weighted by atomic mass is 19.4. The highest BCUT2D eigenvalue weighted by Gasteiger charge is 2.77. The number of rotatable bonds is 6. The third kappa shape index (κ3) is 3.49. The third-order valence-electron chi connectivity index (χ3n) is 1.99. The van der Waals surface area contributed by atoms with E-state index < -0.39 is 30.6 Å². The number of carbonyl (C=O) groups is 1. The molecule has 0 heterocycles. The Kier molecular flexibility index (Phi) is 5.42. The van der Waals surface area contributed by atoms with E-state index in [9.17, 15) is 35.5 Å². The fourth-order valence-corrected chi connectivity index (χ4v) is 0.914. The van der Waals surface area contributed by atoms with Crippen molar-refractivity contribution in [2.75, 3.05) is 6.61 Å². The van der Waals surface area contributed by atoms with E-state index in [1.54, 1.807) is 6.92 Å². The molecule has 0 aliphatic heterocycles. The van der Waals surface area contributed by atoms with E-state index in [1.165, 1.54) is 0 Å². The van der Waals surface area contributed by atoms with E-state index in [1.807, 2.05) is 0 Å². The van der Waals surface area contributed by atoms with Gasteiger partial charge in [0.1, 0.15) is 0 Å². The minimum absolute atomic E-state index is 0.107. The van der Waals surface area contributed by atoms with Crippen LogP contribution < -0.4 is 0 Å². The lowest BCUT2D eigenvalue weighted by Gasteiger charge is -2.26. The van der Waals surface area contributed by atoms with Gasteiger partial charge < -0.3 is 4.74 Å². The summed E-state index contributed by atoms with van der Waals surface area (Å²) >= 11 is 0. The van der Waals surface area contributed by atoms with E-state index in [-0.39, 0.29) is 6.42 Å². The van der Waals surface area contributed by atoms with Crippen molar-refractivity contribution in [3.8, 4) is 0 Å². The number of hydrogen-bond acceptors (Lipinski definition) is 2. The first-order valence-corrected chi connectivity index (χ1v) is 4.98. The molecule has 0 radical (unpaired) electrons. The van der Waals surface area contributed by atoms with Crippen LogP contribution in [0, 0.1) is 0 Å². The maximum absolute atomic E-state index is 12.7. The van der Waals surface area contributed by atoms with Crippen LogP contribution in [0.1, 0.15) is 26.2 Å². The lowest BCUT2D eigenvalue weighted by atomic mass is 10.1. The minimum Gasteiger partial charge on any atom is -0.461 e. The lowest BCUT2D eigenvalue weighted by molar-refractivity contribution is -0.348. The molecule has 0 unspecified atom stereocenters. The van der Waals surface area contributed by atoms with E-state index in [0.717, 1.165) is 0 Å². The van der Waals surface area contributed by atoms with Gasteiger partial charge in [-0.25, -0.2) is 4.79 Å². The molecule has 0 atom stereocenters. The monoisotopic (exact) mass is 284 g/mol. The molecule has 0 bridgehead atoms. The highest BCUT2D eigenvalue weighted by molar-refractivity contribution is 5.79. The van der Waals surface area contributed by atoms with Crippen LogP contribution in [0.4, 0.5) is 30.7 Å². The smallest absolute Gasteiger partial charge is 0.460 e. The van der Waals surface area contributed by atoms with E-state index in [0.29, 0.717) is 12.8 Å². The second-order valence-electron chi connectivity index (χ2n) is 3.49. The number of esters is 1. The van der Waals surface area contributed by atoms with Crippen LogP contribution in [0.25, 0.3) is 0 Å². The van der Waals surface area contributed by atoms with Gasteiger partial charge in [-0.1, -0.05) is 19.8 Å². The molecule has 0 rings (SSSR count). The van der Waals surface area contributed by atoms with Crippen molar-refractivity contribution in [1.29, 1.82) is 0 Å². The van der Waals surface area contributed by atoms with Gasteiger partial charge in [-0.3, -0.25) is 0 Å². The number of carbonyl (C=O) groups excluding carboxylic acids is 1. The molecule has 0 aromatic carbocycles. The van der Waals surface area contributed by atoms with Gasteiger partial charge >= 0.3 is 24.0 Å². The Labute approximate surface area is 98.1 Å². The zero-order valence-corrected chi connectivity index (χ0v) is 9.29. The molecule has 18 heavy (non-hydrogen) atoms. The molecule has 0 aromatic heterocycles. The normalized spacial score (nSPS) is 13.6. The van der Waals surface area contributed by atoms with Gasteiger partial charge in [-0.15, -0.1) is 0 Å². The summed E-state index contributed by atoms with van der Waals surface area (Å²) in [7, 11) is 0. The zero-order valence-electron chi connectivity index (χ0n) is 9.29. The van der Waals surface area contributed by atoms with Gasteiger partial charge in [0.15, 0.2) is 0 Å². The standard InChI is InChI=1S/C9H11F7O2/c1-2-3-4-5-18-6(17)7(10,11)8(12,13)9(14,15)16/h2-5H2,1H3. The summed E-state index contributed by atoms with van der Waals surface area (Å²) in [5.41, 5.74) is 0. The molecule has 0 aliphatic carbocycles. The van der Waals surface area contributed by atoms with Crippen molar-refractivity contribution in [2.24, 2.45) is 0 Å². The molecule has 0 amide bonds. The Morgan fingerprint density at radius 2 is 1.50 bits per heavy atom. The summed E-state index contributed by atoms with van der Waals surface area (Å²) < 4.78 is 88.8. The number of alkyl halides is 7. The van der Waals surface area contributed by atoms with Crippen LogP contribution >= 0.6 is 0 Å². The zero-order chi connectivity index (χ0) is 14.6. The summed E-state index contributed by atoms with van der Waals surface area (Å²) in [5, 5.41) is 0. The van der Waals surface area contributed by atoms with Crippen LogP contribution in [0.3, 0.4) is 0 Å². The molecule has 0 aromatic rings. The van der Waals surface area contributed by atoms with Gasteiger partial charge in [0.05, 0.1) is 6.61 Å². The van der Waals surface area contributed by atoms with E-state index in [4.69, 9.17) is 0 Å². The van der Waals surface area contributed by atoms with Gasteiger partial charge in [0, 0.05) is 0 Å². The van der Waals surface area contributed by atoms with Crippen molar-refractivity contribution in [2.45, 2.75) is 44.2 Å². The summed E-state index contributed by atoms with van der Waals surface area (Å²) in [6.45, 7) is 1.10. The molecule has 0 aliphatic rings. The average molecular weight is 284 g/mol. The molecule has 2 nitrogen and oxygen atoms in total. The van der Waals surface area contributed by atoms with Crippen molar-refractivity contribution < 1.29 is 40.3 Å². The molecular weight excluding hydrogens is 273 g/mol. The topological polar surface area (TPSA) is 26.3 Å². The molecule has 0 spiro atoms. The second-order valence-corrected chi connectivity index (χ2v) is 3.49. The molecule has 0 saturated carbocycles. The third-order valence-corrected chi connectivity index (χ3v) is 1.99. The van der Waals surface area contributed by atoms with Gasteiger partial charge in [0.2, 0.25) is 0 Å². The number of hydrogen-bond donors (Lipinski definition) is 0.